The van der Waals surface area contributed by atoms with E-state index in [0.717, 1.165) is 141 Å². The number of hydrogen-bond acceptors (Lipinski definition) is 5. The highest BCUT2D eigenvalue weighted by Crippen LogP contribution is 2.11. The molecule has 1 N–H and O–H groups in total. The van der Waals surface area contributed by atoms with Crippen molar-refractivity contribution >= 4 is 11.9 Å². The third kappa shape index (κ3) is 57.3. The maximum atomic E-state index is 12.3. The molecule has 0 aromatic carbocycles. The quantitative estimate of drug-likeness (QED) is 0.0374. The molecule has 0 fully saturated rings. The SMILES string of the molecule is CC/C=C\C/C=C\C/C=C\C/C=C\C/C=C\C/C=C\C/C=C\C/C=C\C/C=C\C/C=C\CCCCC(=O)OC(CO)COC(=O)CCCCCCCC/C=C\C/C=C\C/C=C\C/C=C\C/C=C\C/C=C\CC. The zero-order valence-electron chi connectivity index (χ0n) is 45.3. The summed E-state index contributed by atoms with van der Waals surface area (Å²) in [6.07, 6.45) is 96.7. The summed E-state index contributed by atoms with van der Waals surface area (Å²) in [6, 6.07) is 0. The summed E-state index contributed by atoms with van der Waals surface area (Å²) >= 11 is 0. The first-order valence-electron chi connectivity index (χ1n) is 28.0. The van der Waals surface area contributed by atoms with Gasteiger partial charge in [-0.3, -0.25) is 9.59 Å². The Balaban J connectivity index is 3.73. The fourth-order valence-corrected chi connectivity index (χ4v) is 6.76. The van der Waals surface area contributed by atoms with Crippen LogP contribution in [0.1, 0.15) is 194 Å². The second kappa shape index (κ2) is 60.0. The molecular formula is C67H100O5. The smallest absolute Gasteiger partial charge is 0.306 e. The summed E-state index contributed by atoms with van der Waals surface area (Å²) in [5, 5.41) is 9.65. The molecule has 0 saturated carbocycles. The summed E-state index contributed by atoms with van der Waals surface area (Å²) in [5.74, 6) is -0.678. The van der Waals surface area contributed by atoms with E-state index in [1.165, 1.54) is 19.3 Å². The van der Waals surface area contributed by atoms with E-state index in [1.807, 2.05) is 0 Å². The largest absolute Gasteiger partial charge is 0.462 e. The summed E-state index contributed by atoms with van der Waals surface area (Å²) < 4.78 is 10.6. The van der Waals surface area contributed by atoms with Crippen molar-refractivity contribution in [2.75, 3.05) is 13.2 Å². The van der Waals surface area contributed by atoms with Gasteiger partial charge in [0.05, 0.1) is 6.61 Å². The van der Waals surface area contributed by atoms with Crippen molar-refractivity contribution < 1.29 is 24.2 Å². The van der Waals surface area contributed by atoms with Crippen LogP contribution in [0, 0.1) is 0 Å². The van der Waals surface area contributed by atoms with Gasteiger partial charge in [0.1, 0.15) is 6.61 Å². The second-order valence-electron chi connectivity index (χ2n) is 17.5. The lowest BCUT2D eigenvalue weighted by atomic mass is 10.1. The summed E-state index contributed by atoms with van der Waals surface area (Å²) in [7, 11) is 0. The van der Waals surface area contributed by atoms with Crippen LogP contribution in [-0.4, -0.2) is 36.4 Å². The number of esters is 2. The summed E-state index contributed by atoms with van der Waals surface area (Å²) in [6.45, 7) is 3.84. The highest BCUT2D eigenvalue weighted by molar-refractivity contribution is 5.70. The van der Waals surface area contributed by atoms with Crippen LogP contribution in [0.25, 0.3) is 0 Å². The zero-order chi connectivity index (χ0) is 52.0. The molecule has 1 unspecified atom stereocenters. The fraction of sp³-hybridized carbons (Fsp3) is 0.493. The van der Waals surface area contributed by atoms with E-state index in [-0.39, 0.29) is 31.6 Å². The molecule has 0 bridgehead atoms. The molecule has 0 aliphatic rings. The maximum absolute atomic E-state index is 12.3. The van der Waals surface area contributed by atoms with Crippen LogP contribution < -0.4 is 0 Å². The van der Waals surface area contributed by atoms with Crippen LogP contribution in [0.5, 0.6) is 0 Å². The molecule has 72 heavy (non-hydrogen) atoms. The Morgan fingerprint density at radius 2 is 0.556 bits per heavy atom. The third-order valence-electron chi connectivity index (χ3n) is 10.9. The van der Waals surface area contributed by atoms with Crippen LogP contribution in [0.3, 0.4) is 0 Å². The van der Waals surface area contributed by atoms with Gasteiger partial charge in [-0.25, -0.2) is 0 Å². The van der Waals surface area contributed by atoms with Gasteiger partial charge in [-0.15, -0.1) is 0 Å². The Hall–Kier alpha value is -5.26. The fourth-order valence-electron chi connectivity index (χ4n) is 6.76. The minimum absolute atomic E-state index is 0.107. The van der Waals surface area contributed by atoms with Crippen LogP contribution >= 0.6 is 0 Å². The first-order valence-corrected chi connectivity index (χ1v) is 28.0. The van der Waals surface area contributed by atoms with Gasteiger partial charge < -0.3 is 14.6 Å². The topological polar surface area (TPSA) is 72.8 Å². The van der Waals surface area contributed by atoms with E-state index in [0.29, 0.717) is 12.8 Å². The van der Waals surface area contributed by atoms with Crippen LogP contribution in [0.2, 0.25) is 0 Å². The number of aliphatic hydroxyl groups is 1. The van der Waals surface area contributed by atoms with E-state index in [4.69, 9.17) is 9.47 Å². The van der Waals surface area contributed by atoms with E-state index in [1.54, 1.807) is 0 Å². The van der Waals surface area contributed by atoms with Crippen molar-refractivity contribution in [3.8, 4) is 0 Å². The van der Waals surface area contributed by atoms with Gasteiger partial charge in [-0.2, -0.15) is 0 Å². The first kappa shape index (κ1) is 66.7. The van der Waals surface area contributed by atoms with E-state index < -0.39 is 6.10 Å². The molecule has 0 aromatic rings. The van der Waals surface area contributed by atoms with Crippen molar-refractivity contribution in [2.45, 2.75) is 200 Å². The first-order chi connectivity index (χ1) is 35.6. The van der Waals surface area contributed by atoms with Crippen LogP contribution in [0.15, 0.2) is 194 Å². The van der Waals surface area contributed by atoms with Gasteiger partial charge in [-0.05, 0) is 141 Å². The predicted molar refractivity (Wildman–Crippen MR) is 315 cm³/mol. The van der Waals surface area contributed by atoms with Gasteiger partial charge in [0.2, 0.25) is 0 Å². The highest BCUT2D eigenvalue weighted by Gasteiger charge is 2.16. The molecule has 0 amide bonds. The van der Waals surface area contributed by atoms with Crippen molar-refractivity contribution in [1.29, 1.82) is 0 Å². The Kier molecular flexibility index (Phi) is 55.7. The predicted octanol–water partition coefficient (Wildman–Crippen LogP) is 19.3. The number of rotatable bonds is 48. The number of unbranched alkanes of at least 4 members (excludes halogenated alkanes) is 8. The highest BCUT2D eigenvalue weighted by atomic mass is 16.6. The molecular weight excluding hydrogens is 885 g/mol. The van der Waals surface area contributed by atoms with Crippen LogP contribution in [-0.2, 0) is 19.1 Å². The van der Waals surface area contributed by atoms with E-state index in [9.17, 15) is 14.7 Å². The van der Waals surface area contributed by atoms with Crippen molar-refractivity contribution in [2.24, 2.45) is 0 Å². The molecule has 0 aliphatic heterocycles. The molecule has 398 valence electrons. The minimum Gasteiger partial charge on any atom is -0.462 e. The molecule has 5 heteroatoms. The third-order valence-corrected chi connectivity index (χ3v) is 10.9. The summed E-state index contributed by atoms with van der Waals surface area (Å²) in [4.78, 5) is 24.5. The number of hydrogen-bond donors (Lipinski definition) is 1. The van der Waals surface area contributed by atoms with Crippen molar-refractivity contribution in [3.63, 3.8) is 0 Å². The Bertz CT molecular complexity index is 1730. The molecule has 0 rings (SSSR count). The average Bonchev–Trinajstić information content (AvgIpc) is 3.38. The van der Waals surface area contributed by atoms with Gasteiger partial charge in [0.15, 0.2) is 6.10 Å². The molecule has 0 saturated heterocycles. The standard InChI is InChI=1S/C67H100O5/c1-3-5-7-9-11-13-15-17-19-21-23-25-27-29-30-31-32-33-34-35-36-38-40-42-44-46-48-50-52-54-56-58-60-62-67(70)72-65(63-68)64-71-66(69)61-59-57-55-53-51-49-47-45-43-41-39-37-28-26-24-22-20-18-16-14-12-10-8-6-4-2/h5-8,11-14,17-20,23-26,29-30,32-33,35-37,39-40,42-43,45-46,48,52,54,65,68H,3-4,9-10,15-16,21-22,27-28,31,34,38,41,44,47,49-51,53,55-64H2,1-2H3/b7-5-,8-6-,13-11-,14-12-,19-17-,20-18-,25-23-,26-24-,30-29-,33-32-,36-35-,39-37-,42-40-,45-43-,48-46-,54-52-. The van der Waals surface area contributed by atoms with Crippen molar-refractivity contribution in [3.05, 3.63) is 194 Å². The molecule has 0 aromatic heterocycles. The van der Waals surface area contributed by atoms with Gasteiger partial charge >= 0.3 is 11.9 Å². The molecule has 0 radical (unpaired) electrons. The number of ether oxygens (including phenoxy) is 2. The van der Waals surface area contributed by atoms with Crippen LogP contribution in [0.4, 0.5) is 0 Å². The average molecular weight is 986 g/mol. The Labute approximate surface area is 441 Å². The van der Waals surface area contributed by atoms with Gasteiger partial charge in [0, 0.05) is 12.8 Å². The lowest BCUT2D eigenvalue weighted by Gasteiger charge is -2.15. The normalized spacial score (nSPS) is 13.8. The van der Waals surface area contributed by atoms with Gasteiger partial charge in [-0.1, -0.05) is 234 Å². The van der Waals surface area contributed by atoms with Crippen molar-refractivity contribution in [1.82, 2.24) is 0 Å². The Morgan fingerprint density at radius 3 is 0.861 bits per heavy atom. The Morgan fingerprint density at radius 1 is 0.319 bits per heavy atom. The number of aliphatic hydroxyl groups excluding tert-OH is 1. The van der Waals surface area contributed by atoms with Gasteiger partial charge in [0.25, 0.3) is 0 Å². The number of allylic oxidation sites excluding steroid dienone is 32. The molecule has 0 spiro atoms. The maximum Gasteiger partial charge on any atom is 0.306 e. The van der Waals surface area contributed by atoms with E-state index in [2.05, 4.69) is 208 Å². The number of carbonyl (C=O) groups excluding carboxylic acids is 2. The molecule has 1 atom stereocenters. The second-order valence-corrected chi connectivity index (χ2v) is 17.5. The lowest BCUT2D eigenvalue weighted by Crippen LogP contribution is -2.28. The molecule has 0 heterocycles. The monoisotopic (exact) mass is 985 g/mol. The lowest BCUT2D eigenvalue weighted by molar-refractivity contribution is -0.161. The minimum atomic E-state index is -0.820. The number of carbonyl (C=O) groups is 2. The van der Waals surface area contributed by atoms with E-state index >= 15 is 0 Å². The molecule has 5 nitrogen and oxygen atoms in total. The molecule has 0 aliphatic carbocycles. The summed E-state index contributed by atoms with van der Waals surface area (Å²) in [5.41, 5.74) is 0. The zero-order valence-corrected chi connectivity index (χ0v) is 45.3.